The van der Waals surface area contributed by atoms with E-state index in [0.29, 0.717) is 35.7 Å². The largest absolute Gasteiger partial charge is 0.486 e. The topological polar surface area (TPSA) is 64.2 Å². The molecular weight excluding hydrogens is 282 g/mol. The minimum atomic E-state index is 0.465. The van der Waals surface area contributed by atoms with Gasteiger partial charge in [-0.2, -0.15) is 0 Å². The first-order valence-corrected chi connectivity index (χ1v) is 6.96. The lowest BCUT2D eigenvalue weighted by Gasteiger charge is -2.18. The molecule has 2 aromatic carbocycles. The summed E-state index contributed by atoms with van der Waals surface area (Å²) in [6.45, 7) is 1.09. The number of nitrogens with zero attached hydrogens (tertiary/aromatic N) is 1. The summed E-state index contributed by atoms with van der Waals surface area (Å²) in [5.74, 6) is 2.01. The van der Waals surface area contributed by atoms with Gasteiger partial charge >= 0.3 is 0 Å². The molecule has 2 heterocycles. The third-order valence-corrected chi connectivity index (χ3v) is 3.59. The van der Waals surface area contributed by atoms with Crippen molar-refractivity contribution in [2.75, 3.05) is 13.2 Å². The van der Waals surface area contributed by atoms with Crippen LogP contribution in [0.15, 0.2) is 58.1 Å². The van der Waals surface area contributed by atoms with E-state index >= 15 is 0 Å². The molecule has 1 aromatic heterocycles. The fourth-order valence-corrected chi connectivity index (χ4v) is 2.54. The molecule has 0 radical (unpaired) electrons. The second kappa shape index (κ2) is 5.11. The number of rotatable bonds is 1. The van der Waals surface area contributed by atoms with Crippen LogP contribution in [0.3, 0.4) is 0 Å². The van der Waals surface area contributed by atoms with E-state index in [-0.39, 0.29) is 0 Å². The minimum absolute atomic E-state index is 0.465. The Morgan fingerprint density at radius 1 is 0.909 bits per heavy atom. The molecule has 22 heavy (non-hydrogen) atoms. The fourth-order valence-electron chi connectivity index (χ4n) is 2.54. The van der Waals surface area contributed by atoms with E-state index in [1.807, 2.05) is 42.5 Å². The third kappa shape index (κ3) is 2.07. The molecule has 1 N–H and O–H groups in total. The molecule has 0 spiro atoms. The van der Waals surface area contributed by atoms with Gasteiger partial charge in [0.05, 0.1) is 0 Å². The molecule has 0 saturated heterocycles. The Kier molecular flexibility index (Phi) is 2.96. The van der Waals surface area contributed by atoms with Gasteiger partial charge in [0.2, 0.25) is 0 Å². The van der Waals surface area contributed by atoms with Crippen molar-refractivity contribution in [2.45, 2.75) is 0 Å². The lowest BCUT2D eigenvalue weighted by atomic mass is 10.1. The normalized spacial score (nSPS) is 14.3. The molecule has 1 aliphatic heterocycles. The highest BCUT2D eigenvalue weighted by Gasteiger charge is 2.14. The van der Waals surface area contributed by atoms with Gasteiger partial charge in [0, 0.05) is 17.0 Å². The third-order valence-electron chi connectivity index (χ3n) is 3.59. The van der Waals surface area contributed by atoms with Crippen molar-refractivity contribution in [2.24, 2.45) is 5.16 Å². The molecule has 0 unspecified atom stereocenters. The van der Waals surface area contributed by atoms with Crippen LogP contribution in [0.5, 0.6) is 11.5 Å². The van der Waals surface area contributed by atoms with Gasteiger partial charge in [0.25, 0.3) is 0 Å². The number of hydrogen-bond acceptors (Lipinski definition) is 5. The summed E-state index contributed by atoms with van der Waals surface area (Å²) in [5, 5.41) is 13.8. The molecule has 1 aliphatic rings. The first kappa shape index (κ1) is 12.8. The first-order valence-electron chi connectivity index (χ1n) is 6.96. The maximum Gasteiger partial charge on any atom is 0.162 e. The molecular formula is C17H13NO4. The van der Waals surface area contributed by atoms with Gasteiger partial charge in [-0.25, -0.2) is 0 Å². The Morgan fingerprint density at radius 3 is 2.59 bits per heavy atom. The molecule has 0 amide bonds. The van der Waals surface area contributed by atoms with Crippen LogP contribution in [0, 0.1) is 0 Å². The van der Waals surface area contributed by atoms with Crippen molar-refractivity contribution in [3.05, 3.63) is 53.9 Å². The van der Waals surface area contributed by atoms with Crippen molar-refractivity contribution in [1.82, 2.24) is 0 Å². The number of benzene rings is 2. The van der Waals surface area contributed by atoms with E-state index in [9.17, 15) is 5.21 Å². The van der Waals surface area contributed by atoms with Gasteiger partial charge in [-0.05, 0) is 30.3 Å². The number of ether oxygens (including phenoxy) is 2. The van der Waals surface area contributed by atoms with Gasteiger partial charge in [0.15, 0.2) is 11.5 Å². The standard InChI is InChI=1S/C17H13NO4/c19-18-13-10-16(22-14-4-2-1-3-12(13)14)11-5-6-15-17(9-11)21-8-7-20-15/h1-6,9-10,19H,7-8H2/b18-13+. The predicted octanol–water partition coefficient (Wildman–Crippen LogP) is 3.16. The van der Waals surface area contributed by atoms with Crippen LogP contribution >= 0.6 is 0 Å². The van der Waals surface area contributed by atoms with Crippen molar-refractivity contribution in [3.8, 4) is 22.8 Å². The van der Waals surface area contributed by atoms with E-state index in [1.165, 1.54) is 0 Å². The highest BCUT2D eigenvalue weighted by atomic mass is 16.6. The fraction of sp³-hybridized carbons (Fsp3) is 0.118. The van der Waals surface area contributed by atoms with Gasteiger partial charge < -0.3 is 19.1 Å². The summed E-state index contributed by atoms with van der Waals surface area (Å²) in [7, 11) is 0. The van der Waals surface area contributed by atoms with Crippen LogP contribution in [0.4, 0.5) is 0 Å². The maximum absolute atomic E-state index is 9.24. The molecule has 4 rings (SSSR count). The Morgan fingerprint density at radius 2 is 1.73 bits per heavy atom. The van der Waals surface area contributed by atoms with Crippen LogP contribution in [-0.2, 0) is 0 Å². The Bertz CT molecular complexity index is 914. The SMILES string of the molecule is O/N=c1\cc(-c2ccc3c(c2)OCCO3)oc2ccccc12. The van der Waals surface area contributed by atoms with Gasteiger partial charge in [-0.1, -0.05) is 17.3 Å². The first-order chi connectivity index (χ1) is 10.8. The van der Waals surface area contributed by atoms with Crippen molar-refractivity contribution in [3.63, 3.8) is 0 Å². The summed E-state index contributed by atoms with van der Waals surface area (Å²) < 4.78 is 17.0. The predicted molar refractivity (Wildman–Crippen MR) is 80.0 cm³/mol. The zero-order chi connectivity index (χ0) is 14.9. The summed E-state index contributed by atoms with van der Waals surface area (Å²) in [6.07, 6.45) is 0. The second-order valence-electron chi connectivity index (χ2n) is 4.95. The lowest BCUT2D eigenvalue weighted by molar-refractivity contribution is 0.171. The van der Waals surface area contributed by atoms with E-state index in [4.69, 9.17) is 13.9 Å². The summed E-state index contributed by atoms with van der Waals surface area (Å²) in [4.78, 5) is 0. The van der Waals surface area contributed by atoms with Gasteiger partial charge in [-0.15, -0.1) is 0 Å². The average Bonchev–Trinajstić information content (AvgIpc) is 2.60. The van der Waals surface area contributed by atoms with E-state index in [1.54, 1.807) is 6.07 Å². The number of hydrogen-bond donors (Lipinski definition) is 1. The van der Waals surface area contributed by atoms with Crippen LogP contribution in [0.2, 0.25) is 0 Å². The summed E-state index contributed by atoms with van der Waals surface area (Å²) in [5.41, 5.74) is 1.49. The van der Waals surface area contributed by atoms with Crippen LogP contribution in [0.25, 0.3) is 22.3 Å². The molecule has 0 aliphatic carbocycles. The molecule has 0 bridgehead atoms. The number of fused-ring (bicyclic) bond motifs is 2. The monoisotopic (exact) mass is 295 g/mol. The molecule has 110 valence electrons. The summed E-state index contributed by atoms with van der Waals surface area (Å²) in [6, 6.07) is 14.7. The highest BCUT2D eigenvalue weighted by Crippen LogP contribution is 2.34. The van der Waals surface area contributed by atoms with E-state index in [0.717, 1.165) is 16.7 Å². The maximum atomic E-state index is 9.24. The van der Waals surface area contributed by atoms with Crippen molar-refractivity contribution >= 4 is 11.0 Å². The second-order valence-corrected chi connectivity index (χ2v) is 4.95. The molecule has 5 nitrogen and oxygen atoms in total. The van der Waals surface area contributed by atoms with Crippen LogP contribution in [0.1, 0.15) is 0 Å². The molecule has 0 saturated carbocycles. The van der Waals surface area contributed by atoms with E-state index < -0.39 is 0 Å². The van der Waals surface area contributed by atoms with Crippen molar-refractivity contribution in [1.29, 1.82) is 0 Å². The zero-order valence-electron chi connectivity index (χ0n) is 11.7. The molecule has 0 fully saturated rings. The molecule has 5 heteroatoms. The highest BCUT2D eigenvalue weighted by molar-refractivity contribution is 5.78. The van der Waals surface area contributed by atoms with Crippen molar-refractivity contribution < 1.29 is 19.1 Å². The quantitative estimate of drug-likeness (QED) is 0.553. The Labute approximate surface area is 126 Å². The Hall–Kier alpha value is -2.95. The van der Waals surface area contributed by atoms with E-state index in [2.05, 4.69) is 5.16 Å². The minimum Gasteiger partial charge on any atom is -0.486 e. The average molecular weight is 295 g/mol. The Balaban J connectivity index is 1.91. The zero-order valence-corrected chi connectivity index (χ0v) is 11.7. The lowest BCUT2D eigenvalue weighted by Crippen LogP contribution is -2.15. The smallest absolute Gasteiger partial charge is 0.162 e. The summed E-state index contributed by atoms with van der Waals surface area (Å²) >= 11 is 0. The van der Waals surface area contributed by atoms with Crippen LogP contribution < -0.4 is 14.8 Å². The van der Waals surface area contributed by atoms with Gasteiger partial charge in [-0.3, -0.25) is 0 Å². The van der Waals surface area contributed by atoms with Crippen LogP contribution in [-0.4, -0.2) is 18.4 Å². The van der Waals surface area contributed by atoms with Gasteiger partial charge in [0.1, 0.15) is 29.9 Å². The molecule has 3 aromatic rings. The number of para-hydroxylation sites is 1. The molecule has 0 atom stereocenters.